The van der Waals surface area contributed by atoms with Gasteiger partial charge in [0.25, 0.3) is 0 Å². The summed E-state index contributed by atoms with van der Waals surface area (Å²) >= 11 is 0. The molecule has 0 saturated carbocycles. The molecule has 2 N–H and O–H groups in total. The van der Waals surface area contributed by atoms with Crippen LogP contribution in [0.3, 0.4) is 0 Å². The molecule has 138 valence electrons. The standard InChI is InChI=1S/C24H19NO3/c25-18-10-12-20(13-11-18)26-21-14-16-22(17-15-21)28-24-9-5-4-8-23(24)27-19-6-2-1-3-7-19/h1-17H,25H2. The highest BCUT2D eigenvalue weighted by atomic mass is 16.5. The van der Waals surface area contributed by atoms with Gasteiger partial charge in [0, 0.05) is 5.69 Å². The summed E-state index contributed by atoms with van der Waals surface area (Å²) in [4.78, 5) is 0. The van der Waals surface area contributed by atoms with Gasteiger partial charge in [0.1, 0.15) is 23.0 Å². The summed E-state index contributed by atoms with van der Waals surface area (Å²) < 4.78 is 17.7. The van der Waals surface area contributed by atoms with Gasteiger partial charge in [-0.3, -0.25) is 0 Å². The van der Waals surface area contributed by atoms with E-state index in [1.165, 1.54) is 0 Å². The first-order valence-electron chi connectivity index (χ1n) is 8.89. The number of anilines is 1. The molecule has 0 aliphatic heterocycles. The van der Waals surface area contributed by atoms with Gasteiger partial charge in [0.2, 0.25) is 0 Å². The molecule has 0 spiro atoms. The van der Waals surface area contributed by atoms with Crippen molar-refractivity contribution in [2.75, 3.05) is 5.73 Å². The molecular weight excluding hydrogens is 350 g/mol. The SMILES string of the molecule is Nc1ccc(Oc2ccc(Oc3ccccc3Oc3ccccc3)cc2)cc1. The topological polar surface area (TPSA) is 53.7 Å². The van der Waals surface area contributed by atoms with Gasteiger partial charge in [-0.2, -0.15) is 0 Å². The lowest BCUT2D eigenvalue weighted by molar-refractivity contribution is 0.418. The highest BCUT2D eigenvalue weighted by Gasteiger charge is 2.07. The molecule has 4 heteroatoms. The van der Waals surface area contributed by atoms with Crippen molar-refractivity contribution in [2.45, 2.75) is 0 Å². The maximum absolute atomic E-state index is 6.01. The van der Waals surface area contributed by atoms with Gasteiger partial charge in [-0.25, -0.2) is 0 Å². The molecule has 0 fully saturated rings. The fraction of sp³-hybridized carbons (Fsp3) is 0. The Morgan fingerprint density at radius 1 is 0.393 bits per heavy atom. The van der Waals surface area contributed by atoms with Gasteiger partial charge < -0.3 is 19.9 Å². The lowest BCUT2D eigenvalue weighted by Gasteiger charge is -2.12. The molecule has 0 aromatic heterocycles. The van der Waals surface area contributed by atoms with Crippen LogP contribution in [0.15, 0.2) is 103 Å². The van der Waals surface area contributed by atoms with Crippen molar-refractivity contribution in [3.63, 3.8) is 0 Å². The van der Waals surface area contributed by atoms with E-state index in [9.17, 15) is 0 Å². The number of hydrogen-bond acceptors (Lipinski definition) is 4. The van der Waals surface area contributed by atoms with Crippen LogP contribution in [0.25, 0.3) is 0 Å². The summed E-state index contributed by atoms with van der Waals surface area (Å²) in [6.45, 7) is 0. The quantitative estimate of drug-likeness (QED) is 0.387. The van der Waals surface area contributed by atoms with Gasteiger partial charge in [-0.1, -0.05) is 30.3 Å². The van der Waals surface area contributed by atoms with E-state index in [0.29, 0.717) is 28.7 Å². The highest BCUT2D eigenvalue weighted by molar-refractivity contribution is 5.46. The molecule has 0 heterocycles. The summed E-state index contributed by atoms with van der Waals surface area (Å²) in [6, 6.07) is 31.9. The summed E-state index contributed by atoms with van der Waals surface area (Å²) in [6.07, 6.45) is 0. The van der Waals surface area contributed by atoms with E-state index < -0.39 is 0 Å². The second-order valence-corrected chi connectivity index (χ2v) is 6.11. The van der Waals surface area contributed by atoms with Crippen LogP contribution >= 0.6 is 0 Å². The number of nitrogens with two attached hydrogens (primary N) is 1. The Morgan fingerprint density at radius 2 is 0.786 bits per heavy atom. The van der Waals surface area contributed by atoms with E-state index in [4.69, 9.17) is 19.9 Å². The predicted octanol–water partition coefficient (Wildman–Crippen LogP) is 6.65. The van der Waals surface area contributed by atoms with E-state index in [1.807, 2.05) is 91.0 Å². The Labute approximate surface area is 163 Å². The molecule has 0 radical (unpaired) electrons. The van der Waals surface area contributed by atoms with Crippen molar-refractivity contribution >= 4 is 5.69 Å². The molecule has 28 heavy (non-hydrogen) atoms. The molecule has 4 aromatic carbocycles. The van der Waals surface area contributed by atoms with Gasteiger partial charge in [0.15, 0.2) is 11.5 Å². The van der Waals surface area contributed by atoms with Crippen molar-refractivity contribution < 1.29 is 14.2 Å². The number of para-hydroxylation sites is 3. The van der Waals surface area contributed by atoms with Crippen LogP contribution < -0.4 is 19.9 Å². The number of ether oxygens (including phenoxy) is 3. The normalized spacial score (nSPS) is 10.3. The second kappa shape index (κ2) is 8.18. The summed E-state index contributed by atoms with van der Waals surface area (Å²) in [5.74, 6) is 4.17. The van der Waals surface area contributed by atoms with Crippen LogP contribution in [0.1, 0.15) is 0 Å². The minimum Gasteiger partial charge on any atom is -0.457 e. The molecular formula is C24H19NO3. The van der Waals surface area contributed by atoms with Crippen molar-refractivity contribution in [2.24, 2.45) is 0 Å². The molecule has 0 amide bonds. The Kier molecular flexibility index (Phi) is 5.11. The zero-order valence-electron chi connectivity index (χ0n) is 15.1. The third-order valence-electron chi connectivity index (χ3n) is 3.99. The fourth-order valence-corrected chi connectivity index (χ4v) is 2.61. The maximum Gasteiger partial charge on any atom is 0.169 e. The third-order valence-corrected chi connectivity index (χ3v) is 3.99. The number of nitrogen functional groups attached to an aromatic ring is 1. The van der Waals surface area contributed by atoms with E-state index in [0.717, 1.165) is 11.5 Å². The average molecular weight is 369 g/mol. The molecule has 4 aromatic rings. The second-order valence-electron chi connectivity index (χ2n) is 6.11. The maximum atomic E-state index is 6.01. The molecule has 0 bridgehead atoms. The number of rotatable bonds is 6. The summed E-state index contributed by atoms with van der Waals surface area (Å²) in [7, 11) is 0. The highest BCUT2D eigenvalue weighted by Crippen LogP contribution is 2.35. The average Bonchev–Trinajstić information content (AvgIpc) is 2.73. The van der Waals surface area contributed by atoms with Crippen molar-refractivity contribution in [1.29, 1.82) is 0 Å². The summed E-state index contributed by atoms with van der Waals surface area (Å²) in [5, 5.41) is 0. The van der Waals surface area contributed by atoms with Gasteiger partial charge in [-0.05, 0) is 72.8 Å². The smallest absolute Gasteiger partial charge is 0.169 e. The van der Waals surface area contributed by atoms with Gasteiger partial charge >= 0.3 is 0 Å². The number of benzene rings is 4. The van der Waals surface area contributed by atoms with Crippen LogP contribution in [0, 0.1) is 0 Å². The predicted molar refractivity (Wildman–Crippen MR) is 110 cm³/mol. The minimum absolute atomic E-state index is 0.638. The van der Waals surface area contributed by atoms with Crippen LogP contribution in [-0.4, -0.2) is 0 Å². The Bertz CT molecular complexity index is 1030. The van der Waals surface area contributed by atoms with Crippen LogP contribution in [0.2, 0.25) is 0 Å². The molecule has 4 nitrogen and oxygen atoms in total. The first-order valence-corrected chi connectivity index (χ1v) is 8.89. The lowest BCUT2D eigenvalue weighted by Crippen LogP contribution is -1.90. The fourth-order valence-electron chi connectivity index (χ4n) is 2.61. The molecule has 0 aliphatic rings. The zero-order valence-corrected chi connectivity index (χ0v) is 15.1. The van der Waals surface area contributed by atoms with Crippen molar-refractivity contribution in [1.82, 2.24) is 0 Å². The van der Waals surface area contributed by atoms with Gasteiger partial charge in [-0.15, -0.1) is 0 Å². The Balaban J connectivity index is 1.46. The van der Waals surface area contributed by atoms with Gasteiger partial charge in [0.05, 0.1) is 0 Å². The molecule has 0 unspecified atom stereocenters. The lowest BCUT2D eigenvalue weighted by atomic mass is 10.3. The molecule has 0 saturated heterocycles. The first kappa shape index (κ1) is 17.5. The summed E-state index contributed by atoms with van der Waals surface area (Å²) in [5.41, 5.74) is 6.39. The van der Waals surface area contributed by atoms with Crippen LogP contribution in [0.4, 0.5) is 5.69 Å². The molecule has 0 atom stereocenters. The van der Waals surface area contributed by atoms with E-state index >= 15 is 0 Å². The molecule has 0 aliphatic carbocycles. The number of hydrogen-bond donors (Lipinski definition) is 1. The minimum atomic E-state index is 0.638. The largest absolute Gasteiger partial charge is 0.457 e. The molecule has 4 rings (SSSR count). The Morgan fingerprint density at radius 3 is 1.32 bits per heavy atom. The van der Waals surface area contributed by atoms with Crippen molar-refractivity contribution in [3.8, 4) is 34.5 Å². The van der Waals surface area contributed by atoms with Crippen LogP contribution in [-0.2, 0) is 0 Å². The van der Waals surface area contributed by atoms with Crippen molar-refractivity contribution in [3.05, 3.63) is 103 Å². The van der Waals surface area contributed by atoms with E-state index in [1.54, 1.807) is 12.1 Å². The Hall–Kier alpha value is -3.92. The first-order chi connectivity index (χ1) is 13.8. The van der Waals surface area contributed by atoms with E-state index in [2.05, 4.69) is 0 Å². The zero-order chi connectivity index (χ0) is 19.2. The monoisotopic (exact) mass is 369 g/mol. The van der Waals surface area contributed by atoms with Crippen LogP contribution in [0.5, 0.6) is 34.5 Å². The third kappa shape index (κ3) is 4.43. The van der Waals surface area contributed by atoms with E-state index in [-0.39, 0.29) is 0 Å².